The molecule has 2 heterocycles. The van der Waals surface area contributed by atoms with E-state index >= 15 is 0 Å². The predicted octanol–water partition coefficient (Wildman–Crippen LogP) is 3.04. The van der Waals surface area contributed by atoms with Gasteiger partial charge in [0.2, 0.25) is 0 Å². The second-order valence-electron chi connectivity index (χ2n) is 10.5. The summed E-state index contributed by atoms with van der Waals surface area (Å²) in [4.78, 5) is 28.4. The summed E-state index contributed by atoms with van der Waals surface area (Å²) in [5.74, 6) is 1.13. The predicted molar refractivity (Wildman–Crippen MR) is 120 cm³/mol. The quantitative estimate of drug-likeness (QED) is 0.576. The first-order valence-corrected chi connectivity index (χ1v) is 12.1. The van der Waals surface area contributed by atoms with Crippen molar-refractivity contribution in [2.75, 3.05) is 13.1 Å². The number of likely N-dealkylation sites (tertiary alicyclic amines) is 1. The Labute approximate surface area is 192 Å². The molecule has 3 fully saturated rings. The molecular formula is C27H27NO5. The Kier molecular flexibility index (Phi) is 3.99. The first-order valence-electron chi connectivity index (χ1n) is 12.1. The van der Waals surface area contributed by atoms with Crippen LogP contribution in [0.4, 0.5) is 0 Å². The van der Waals surface area contributed by atoms with Gasteiger partial charge >= 0.3 is 5.97 Å². The van der Waals surface area contributed by atoms with Crippen LogP contribution in [0, 0.1) is 5.92 Å². The van der Waals surface area contributed by atoms with Gasteiger partial charge in [-0.25, -0.2) is 4.79 Å². The lowest BCUT2D eigenvalue weighted by atomic mass is 9.49. The van der Waals surface area contributed by atoms with E-state index in [4.69, 9.17) is 9.47 Å². The van der Waals surface area contributed by atoms with Gasteiger partial charge in [0, 0.05) is 24.6 Å². The summed E-state index contributed by atoms with van der Waals surface area (Å²) in [6, 6.07) is 12.6. The second-order valence-corrected chi connectivity index (χ2v) is 10.5. The van der Waals surface area contributed by atoms with Gasteiger partial charge in [-0.15, -0.1) is 0 Å². The molecule has 0 radical (unpaired) electrons. The van der Waals surface area contributed by atoms with Gasteiger partial charge in [0.1, 0.15) is 0 Å². The number of ketones is 1. The zero-order chi connectivity index (χ0) is 22.4. The summed E-state index contributed by atoms with van der Waals surface area (Å²) >= 11 is 0. The number of esters is 1. The van der Waals surface area contributed by atoms with E-state index in [-0.39, 0.29) is 11.8 Å². The molecule has 170 valence electrons. The van der Waals surface area contributed by atoms with Gasteiger partial charge in [0.15, 0.2) is 23.4 Å². The maximum Gasteiger partial charge on any atom is 0.343 e. The van der Waals surface area contributed by atoms with E-state index in [0.717, 1.165) is 36.6 Å². The van der Waals surface area contributed by atoms with Crippen LogP contribution in [0.2, 0.25) is 0 Å². The lowest BCUT2D eigenvalue weighted by Crippen LogP contribution is -2.76. The van der Waals surface area contributed by atoms with Gasteiger partial charge in [-0.05, 0) is 68.3 Å². The van der Waals surface area contributed by atoms with E-state index in [1.54, 1.807) is 30.3 Å². The molecule has 2 aromatic rings. The van der Waals surface area contributed by atoms with Crippen molar-refractivity contribution in [3.63, 3.8) is 0 Å². The zero-order valence-corrected chi connectivity index (χ0v) is 18.5. The first kappa shape index (κ1) is 19.7. The topological polar surface area (TPSA) is 76.1 Å². The van der Waals surface area contributed by atoms with Gasteiger partial charge in [-0.1, -0.05) is 24.3 Å². The number of hydrogen-bond donors (Lipinski definition) is 1. The number of carbonyl (C=O) groups excluding carboxylic acids is 2. The summed E-state index contributed by atoms with van der Waals surface area (Å²) < 4.78 is 12.1. The maximum absolute atomic E-state index is 13.1. The molecule has 33 heavy (non-hydrogen) atoms. The summed E-state index contributed by atoms with van der Waals surface area (Å²) in [5, 5.41) is 12.3. The summed E-state index contributed by atoms with van der Waals surface area (Å²) in [6.45, 7) is 1.88. The average molecular weight is 446 g/mol. The van der Waals surface area contributed by atoms with Gasteiger partial charge in [-0.2, -0.15) is 0 Å². The molecule has 1 spiro atoms. The fourth-order valence-corrected chi connectivity index (χ4v) is 7.07. The molecule has 0 aromatic heterocycles. The second kappa shape index (κ2) is 6.67. The Morgan fingerprint density at radius 3 is 2.76 bits per heavy atom. The molecule has 1 saturated heterocycles. The number of carbonyl (C=O) groups is 2. The molecule has 2 aliphatic heterocycles. The van der Waals surface area contributed by atoms with Crippen LogP contribution >= 0.6 is 0 Å². The number of ether oxygens (including phenoxy) is 2. The van der Waals surface area contributed by atoms with Crippen LogP contribution in [0.25, 0.3) is 0 Å². The van der Waals surface area contributed by atoms with E-state index in [9.17, 15) is 14.7 Å². The molecule has 2 bridgehead atoms. The van der Waals surface area contributed by atoms with Gasteiger partial charge in [0.05, 0.1) is 16.6 Å². The minimum atomic E-state index is -1.01. The van der Waals surface area contributed by atoms with Gasteiger partial charge in [0.25, 0.3) is 0 Å². The third-order valence-electron chi connectivity index (χ3n) is 8.76. The highest BCUT2D eigenvalue weighted by molar-refractivity contribution is 5.93. The van der Waals surface area contributed by atoms with E-state index < -0.39 is 23.1 Å². The highest BCUT2D eigenvalue weighted by Gasteiger charge is 2.73. The lowest BCUT2D eigenvalue weighted by molar-refractivity contribution is -0.188. The van der Waals surface area contributed by atoms with Gasteiger partial charge < -0.3 is 14.6 Å². The summed E-state index contributed by atoms with van der Waals surface area (Å²) in [6.07, 6.45) is 4.02. The highest BCUT2D eigenvalue weighted by atomic mass is 16.6. The van der Waals surface area contributed by atoms with Crippen molar-refractivity contribution in [2.45, 2.75) is 61.7 Å². The van der Waals surface area contributed by atoms with Gasteiger partial charge in [-0.3, -0.25) is 9.69 Å². The van der Waals surface area contributed by atoms with Crippen molar-refractivity contribution in [1.82, 2.24) is 4.90 Å². The normalized spacial score (nSPS) is 33.9. The minimum Gasteiger partial charge on any atom is -0.477 e. The van der Waals surface area contributed by atoms with Crippen LogP contribution < -0.4 is 9.47 Å². The van der Waals surface area contributed by atoms with Crippen LogP contribution in [-0.2, 0) is 16.6 Å². The molecule has 5 aliphatic rings. The fraction of sp³-hybridized carbons (Fsp3) is 0.481. The monoisotopic (exact) mass is 445 g/mol. The standard InChI is InChI=1S/C27H27NO5/c29-19-10-11-27(31)21-14-18-8-9-20(32-25(30)17-4-2-1-3-5-17)23-22(18)26(27,24(19)33-23)12-13-28(21)15-16-6-7-16/h1-5,8-9,16,21,24,31H,6-7,10-15H2/t21-,24?,26+,27-/m1/s1. The van der Waals surface area contributed by atoms with Crippen LogP contribution in [0.5, 0.6) is 11.5 Å². The van der Waals surface area contributed by atoms with Crippen molar-refractivity contribution in [3.05, 3.63) is 59.2 Å². The zero-order valence-electron chi connectivity index (χ0n) is 18.5. The molecule has 6 nitrogen and oxygen atoms in total. The minimum absolute atomic E-state index is 0.0118. The molecular weight excluding hydrogens is 418 g/mol. The summed E-state index contributed by atoms with van der Waals surface area (Å²) in [7, 11) is 0. The largest absolute Gasteiger partial charge is 0.477 e. The van der Waals surface area contributed by atoms with Crippen LogP contribution in [0.1, 0.15) is 53.6 Å². The molecule has 2 saturated carbocycles. The maximum atomic E-state index is 13.1. The number of benzene rings is 2. The lowest BCUT2D eigenvalue weighted by Gasteiger charge is -2.62. The number of hydrogen-bond acceptors (Lipinski definition) is 6. The third kappa shape index (κ3) is 2.56. The Hall–Kier alpha value is -2.70. The average Bonchev–Trinajstić information content (AvgIpc) is 3.56. The number of Topliss-reactive ketones (excluding diaryl/α,β-unsaturated/α-hetero) is 1. The van der Waals surface area contributed by atoms with E-state index in [2.05, 4.69) is 4.90 Å². The molecule has 3 aliphatic carbocycles. The number of aliphatic hydroxyl groups is 1. The van der Waals surface area contributed by atoms with Crippen molar-refractivity contribution >= 4 is 11.8 Å². The smallest absolute Gasteiger partial charge is 0.343 e. The van der Waals surface area contributed by atoms with Crippen LogP contribution in [0.15, 0.2) is 42.5 Å². The molecule has 2 aromatic carbocycles. The van der Waals surface area contributed by atoms with E-state index in [1.807, 2.05) is 12.1 Å². The van der Waals surface area contributed by atoms with Crippen LogP contribution in [-0.4, -0.2) is 52.6 Å². The Balaban J connectivity index is 1.34. The van der Waals surface area contributed by atoms with Crippen LogP contribution in [0.3, 0.4) is 0 Å². The van der Waals surface area contributed by atoms with Crippen molar-refractivity contribution in [3.8, 4) is 11.5 Å². The molecule has 0 amide bonds. The molecule has 7 rings (SSSR count). The molecule has 1 unspecified atom stereocenters. The van der Waals surface area contributed by atoms with E-state index in [1.165, 1.54) is 12.8 Å². The number of piperidine rings is 1. The number of nitrogens with zero attached hydrogens (tertiary/aromatic N) is 1. The third-order valence-corrected chi connectivity index (χ3v) is 8.76. The van der Waals surface area contributed by atoms with Crippen molar-refractivity contribution in [1.29, 1.82) is 0 Å². The molecule has 6 heteroatoms. The SMILES string of the molecule is O=C(Oc1ccc2c3c1OC1C(=O)CC[C@@]4(O)[C@@H](C2)N(CC2CC2)CC[C@]314)c1ccccc1. The summed E-state index contributed by atoms with van der Waals surface area (Å²) in [5.41, 5.74) is 0.696. The van der Waals surface area contributed by atoms with Crippen molar-refractivity contribution in [2.24, 2.45) is 5.92 Å². The molecule has 1 N–H and O–H groups in total. The Morgan fingerprint density at radius 1 is 1.15 bits per heavy atom. The first-order chi connectivity index (χ1) is 16.0. The fourth-order valence-electron chi connectivity index (χ4n) is 7.07. The highest BCUT2D eigenvalue weighted by Crippen LogP contribution is 2.65. The molecule has 4 atom stereocenters. The van der Waals surface area contributed by atoms with E-state index in [0.29, 0.717) is 36.3 Å². The van der Waals surface area contributed by atoms with Crippen molar-refractivity contribution < 1.29 is 24.2 Å². The number of rotatable bonds is 4. The Morgan fingerprint density at radius 2 is 1.97 bits per heavy atom. The Bertz CT molecular complexity index is 1170.